The summed E-state index contributed by atoms with van der Waals surface area (Å²) in [7, 11) is 0. The summed E-state index contributed by atoms with van der Waals surface area (Å²) in [5, 5.41) is 36.6. The Hall–Kier alpha value is -3.93. The molecule has 4 aromatic heterocycles. The van der Waals surface area contributed by atoms with E-state index in [4.69, 9.17) is 20.2 Å². The van der Waals surface area contributed by atoms with E-state index in [2.05, 4.69) is 74.7 Å². The largest absolute Gasteiger partial charge is 0.476 e. The summed E-state index contributed by atoms with van der Waals surface area (Å²) >= 11 is 1.58. The number of rotatable bonds is 10. The van der Waals surface area contributed by atoms with Gasteiger partial charge in [0.2, 0.25) is 0 Å². The summed E-state index contributed by atoms with van der Waals surface area (Å²) in [4.78, 5) is 24.3. The van der Waals surface area contributed by atoms with Crippen LogP contribution in [-0.4, -0.2) is 59.3 Å². The van der Waals surface area contributed by atoms with Gasteiger partial charge in [0.25, 0.3) is 0 Å². The van der Waals surface area contributed by atoms with E-state index in [9.17, 15) is 9.90 Å². The summed E-state index contributed by atoms with van der Waals surface area (Å²) in [5.74, 6) is 0.888. The summed E-state index contributed by atoms with van der Waals surface area (Å²) in [6.45, 7) is 23.6. The number of benzene rings is 1. The average Bonchev–Trinajstić information content (AvgIpc) is 3.76. The third kappa shape index (κ3) is 9.00. The van der Waals surface area contributed by atoms with Gasteiger partial charge in [0.05, 0.1) is 16.4 Å². The Morgan fingerprint density at radius 1 is 0.917 bits per heavy atom. The molecule has 60 heavy (non-hydrogen) atoms. The van der Waals surface area contributed by atoms with Crippen LogP contribution in [0.25, 0.3) is 21.3 Å². The van der Waals surface area contributed by atoms with Crippen molar-refractivity contribution in [2.24, 2.45) is 21.7 Å². The van der Waals surface area contributed by atoms with Gasteiger partial charge in [-0.05, 0) is 111 Å². The molecule has 4 bridgehead atoms. The predicted molar refractivity (Wildman–Crippen MR) is 240 cm³/mol. The topological polar surface area (TPSA) is 142 Å². The van der Waals surface area contributed by atoms with Crippen LogP contribution < -0.4 is 10.2 Å². The first-order valence-corrected chi connectivity index (χ1v) is 21.6. The second-order valence-electron chi connectivity index (χ2n) is 17.9. The van der Waals surface area contributed by atoms with Gasteiger partial charge >= 0.3 is 5.97 Å². The number of para-hydroxylation sites is 1. The van der Waals surface area contributed by atoms with Crippen molar-refractivity contribution >= 4 is 50.1 Å². The summed E-state index contributed by atoms with van der Waals surface area (Å²) in [6.07, 6.45) is 14.1. The quantitative estimate of drug-likeness (QED) is 0.0917. The van der Waals surface area contributed by atoms with E-state index in [0.717, 1.165) is 63.5 Å². The Kier molecular flexibility index (Phi) is 14.6. The number of carboxylic acid groups (broad SMARTS) is 1. The number of aromatic nitrogens is 6. The molecule has 328 valence electrons. The first-order chi connectivity index (χ1) is 27.8. The van der Waals surface area contributed by atoms with Crippen LogP contribution >= 0.6 is 11.3 Å². The Balaban J connectivity index is 0.000000808. The molecule has 5 heterocycles. The van der Waals surface area contributed by atoms with Crippen molar-refractivity contribution in [1.29, 1.82) is 0 Å². The molecule has 13 heteroatoms. The molecule has 3 N–H and O–H groups in total. The average molecular weight is 878 g/mol. The van der Waals surface area contributed by atoms with Crippen molar-refractivity contribution < 1.29 is 31.5 Å². The second-order valence-corrected chi connectivity index (χ2v) is 18.9. The van der Waals surface area contributed by atoms with Gasteiger partial charge in [-0.15, -0.1) is 10.2 Å². The SMILES string of the molecule is [CH2-]C.[CH2-]CCC12CC3(C)CC(C)(C1)CC(Cn1ncc(-c4ccc(N5CCCc6c5nnc(Nc5nc7ccccc7s5)c6C)nc4C(=O)O)c1C)(C3)C2.[CH2-]CCO.[CH3-].[Ni]. The molecule has 5 aromatic rings. The molecular weight excluding hydrogens is 815 g/mol. The van der Waals surface area contributed by atoms with Crippen molar-refractivity contribution in [2.45, 2.75) is 112 Å². The van der Waals surface area contributed by atoms with Crippen molar-refractivity contribution in [3.05, 3.63) is 93.3 Å². The summed E-state index contributed by atoms with van der Waals surface area (Å²) in [5.41, 5.74) is 6.77. The number of anilines is 4. The first-order valence-electron chi connectivity index (χ1n) is 20.7. The number of hydrogen-bond acceptors (Lipinski definition) is 10. The van der Waals surface area contributed by atoms with E-state index < -0.39 is 5.97 Å². The third-order valence-electron chi connectivity index (χ3n) is 12.8. The van der Waals surface area contributed by atoms with E-state index in [0.29, 0.717) is 52.2 Å². The van der Waals surface area contributed by atoms with Crippen molar-refractivity contribution in [1.82, 2.24) is 29.9 Å². The van der Waals surface area contributed by atoms with Gasteiger partial charge in [-0.2, -0.15) is 24.9 Å². The number of pyridine rings is 1. The van der Waals surface area contributed by atoms with E-state index in [-0.39, 0.29) is 41.6 Å². The van der Waals surface area contributed by atoms with Crippen LogP contribution in [-0.2, 0) is 29.5 Å². The fourth-order valence-electron chi connectivity index (χ4n) is 12.1. The number of nitrogens with one attached hydrogen (secondary N) is 1. The maximum Gasteiger partial charge on any atom is 0.355 e. The molecule has 0 radical (unpaired) electrons. The minimum Gasteiger partial charge on any atom is -0.476 e. The molecule has 10 rings (SSSR count). The Labute approximate surface area is 371 Å². The summed E-state index contributed by atoms with van der Waals surface area (Å²) < 4.78 is 3.27. The van der Waals surface area contributed by atoms with Crippen LogP contribution in [0.2, 0.25) is 0 Å². The van der Waals surface area contributed by atoms with Crippen LogP contribution in [0.5, 0.6) is 0 Å². The molecule has 11 nitrogen and oxygen atoms in total. The number of aliphatic hydroxyl groups excluding tert-OH is 1. The Morgan fingerprint density at radius 3 is 2.25 bits per heavy atom. The van der Waals surface area contributed by atoms with Gasteiger partial charge in [-0.3, -0.25) is 4.68 Å². The van der Waals surface area contributed by atoms with E-state index in [1.165, 1.54) is 44.9 Å². The standard InChI is InChI=1S/C41H47N8O2S.C3H7O.C2H5.CH3.Ni/c1-6-15-40-19-38(4)18-39(5,20-40)22-41(21-38,23-40)24-49-26(3)29(17-42-49)28-13-14-32(44-33(28)36(50)51)48-16-9-10-27-25(2)34(46-47-35(27)48)45-37-43-30-11-7-8-12-31(30)52-37;1-2-3-4;1-2;;/h7-8,11-14,17H,1,6,9-10,15-16,18-24H2,2-5H3,(H,50,51)(H,43,45,46);4H,1-3H2;1H2,2H3;1H3;/q4*-1;. The Bertz CT molecular complexity index is 2240. The van der Waals surface area contributed by atoms with Gasteiger partial charge in [-0.25, -0.2) is 14.8 Å². The minimum absolute atomic E-state index is 0. The molecule has 2 unspecified atom stereocenters. The third-order valence-corrected chi connectivity index (χ3v) is 13.8. The van der Waals surface area contributed by atoms with E-state index in [1.54, 1.807) is 18.3 Å². The van der Waals surface area contributed by atoms with Crippen LogP contribution in [0, 0.1) is 63.7 Å². The monoisotopic (exact) mass is 876 g/mol. The molecule has 2 atom stereocenters. The molecule has 1 aliphatic heterocycles. The number of carboxylic acids is 1. The van der Waals surface area contributed by atoms with E-state index in [1.807, 2.05) is 41.4 Å². The zero-order chi connectivity index (χ0) is 41.5. The van der Waals surface area contributed by atoms with Crippen LogP contribution in [0.15, 0.2) is 42.6 Å². The maximum atomic E-state index is 12.8. The second kappa shape index (κ2) is 18.6. The van der Waals surface area contributed by atoms with Crippen molar-refractivity contribution in [3.8, 4) is 11.1 Å². The van der Waals surface area contributed by atoms with Crippen molar-refractivity contribution in [2.75, 3.05) is 23.4 Å². The predicted octanol–water partition coefficient (Wildman–Crippen LogP) is 11.0. The number of nitrogens with zero attached hydrogens (tertiary/aromatic N) is 7. The molecule has 4 fully saturated rings. The molecule has 4 saturated carbocycles. The van der Waals surface area contributed by atoms with Crippen molar-refractivity contribution in [3.63, 3.8) is 0 Å². The fraction of sp³-hybridized carbons (Fsp3) is 0.489. The molecular formula is C47H62N8NiO3S-4. The zero-order valence-electron chi connectivity index (χ0n) is 36.2. The van der Waals surface area contributed by atoms with Crippen LogP contribution in [0.4, 0.5) is 22.6 Å². The number of thiazole rings is 1. The van der Waals surface area contributed by atoms with Crippen LogP contribution in [0.1, 0.15) is 112 Å². The van der Waals surface area contributed by atoms with Gasteiger partial charge in [-0.1, -0.05) is 43.7 Å². The minimum atomic E-state index is -1.06. The molecule has 0 spiro atoms. The molecule has 4 aliphatic carbocycles. The first kappa shape index (κ1) is 47.1. The Morgan fingerprint density at radius 2 is 1.60 bits per heavy atom. The number of aliphatic hydroxyl groups is 1. The van der Waals surface area contributed by atoms with Gasteiger partial charge in [0, 0.05) is 64.1 Å². The maximum absolute atomic E-state index is 12.8. The fourth-order valence-corrected chi connectivity index (χ4v) is 13.0. The smallest absolute Gasteiger partial charge is 0.355 e. The normalized spacial score (nSPS) is 24.6. The molecule has 0 amide bonds. The van der Waals surface area contributed by atoms with Crippen LogP contribution in [0.3, 0.4) is 0 Å². The number of aromatic carboxylic acids is 1. The van der Waals surface area contributed by atoms with Gasteiger partial charge in [0.15, 0.2) is 22.5 Å². The van der Waals surface area contributed by atoms with Gasteiger partial charge in [0.1, 0.15) is 5.82 Å². The number of hydrogen-bond donors (Lipinski definition) is 3. The zero-order valence-corrected chi connectivity index (χ0v) is 38.0. The molecule has 1 aromatic carbocycles. The van der Waals surface area contributed by atoms with E-state index >= 15 is 0 Å². The molecule has 5 aliphatic rings. The number of fused-ring (bicyclic) bond motifs is 2. The summed E-state index contributed by atoms with van der Waals surface area (Å²) in [6, 6.07) is 11.9. The molecule has 0 saturated heterocycles. The number of carbonyl (C=O) groups is 1. The van der Waals surface area contributed by atoms with Gasteiger partial charge < -0.3 is 48.6 Å².